The molecule has 0 aromatic heterocycles. The molecule has 0 aliphatic rings. The third kappa shape index (κ3) is 4.63. The molecule has 0 radical (unpaired) electrons. The molecule has 2 aromatic carbocycles. The van der Waals surface area contributed by atoms with Gasteiger partial charge in [-0.05, 0) is 36.2 Å². The monoisotopic (exact) mass is 288 g/mol. The van der Waals surface area contributed by atoms with Crippen molar-refractivity contribution in [2.45, 2.75) is 11.3 Å². The zero-order valence-electron chi connectivity index (χ0n) is 11.2. The maximum atomic E-state index is 10.9. The summed E-state index contributed by atoms with van der Waals surface area (Å²) in [5, 5.41) is 0. The number of rotatable bonds is 5. The lowest BCUT2D eigenvalue weighted by molar-refractivity contribution is 0.121. The van der Waals surface area contributed by atoms with Gasteiger partial charge in [0.15, 0.2) is 0 Å². The fraction of sp³-hybridized carbons (Fsp3) is 0.188. The van der Waals surface area contributed by atoms with E-state index >= 15 is 0 Å². The summed E-state index contributed by atoms with van der Waals surface area (Å²) in [6.45, 7) is 0. The fourth-order valence-electron chi connectivity index (χ4n) is 1.67. The Labute approximate surface area is 122 Å². The van der Waals surface area contributed by atoms with Crippen molar-refractivity contribution < 1.29 is 14.3 Å². The highest BCUT2D eigenvalue weighted by atomic mass is 32.2. The lowest BCUT2D eigenvalue weighted by Crippen LogP contribution is -2.07. The van der Waals surface area contributed by atoms with Crippen LogP contribution in [0.15, 0.2) is 59.5 Å². The first-order chi connectivity index (χ1) is 9.78. The summed E-state index contributed by atoms with van der Waals surface area (Å²) >= 11 is 1.83. The van der Waals surface area contributed by atoms with Gasteiger partial charge in [0, 0.05) is 10.6 Å². The van der Waals surface area contributed by atoms with Gasteiger partial charge in [0.05, 0.1) is 7.11 Å². The topological polar surface area (TPSA) is 35.5 Å². The quantitative estimate of drug-likeness (QED) is 0.470. The summed E-state index contributed by atoms with van der Waals surface area (Å²) in [5.74, 6) is 1.51. The minimum Gasteiger partial charge on any atom is -0.437 e. The lowest BCUT2D eigenvalue weighted by atomic mass is 10.2. The minimum atomic E-state index is -0.697. The molecule has 20 heavy (non-hydrogen) atoms. The predicted molar refractivity (Wildman–Crippen MR) is 80.3 cm³/mol. The highest BCUT2D eigenvalue weighted by Crippen LogP contribution is 2.19. The molecule has 2 rings (SSSR count). The second-order valence-corrected chi connectivity index (χ2v) is 5.28. The number of methoxy groups -OCH3 is 1. The van der Waals surface area contributed by atoms with Gasteiger partial charge in [-0.2, -0.15) is 0 Å². The third-order valence-electron chi connectivity index (χ3n) is 2.69. The van der Waals surface area contributed by atoms with Crippen molar-refractivity contribution in [1.29, 1.82) is 0 Å². The maximum absolute atomic E-state index is 10.9. The van der Waals surface area contributed by atoms with Gasteiger partial charge in [0.2, 0.25) is 0 Å². The van der Waals surface area contributed by atoms with E-state index in [4.69, 9.17) is 4.74 Å². The molecule has 0 saturated carbocycles. The highest BCUT2D eigenvalue weighted by Gasteiger charge is 2.03. The third-order valence-corrected chi connectivity index (χ3v) is 3.71. The Bertz CT molecular complexity index is 537. The average Bonchev–Trinajstić information content (AvgIpc) is 2.50. The highest BCUT2D eigenvalue weighted by molar-refractivity contribution is 7.99. The molecule has 0 spiro atoms. The smallest absolute Gasteiger partial charge is 0.437 e. The van der Waals surface area contributed by atoms with Crippen LogP contribution in [-0.2, 0) is 11.2 Å². The van der Waals surface area contributed by atoms with E-state index in [1.54, 1.807) is 12.1 Å². The number of ether oxygens (including phenoxy) is 2. The van der Waals surface area contributed by atoms with Gasteiger partial charge in [-0.25, -0.2) is 4.79 Å². The fourth-order valence-corrected chi connectivity index (χ4v) is 2.59. The zero-order valence-corrected chi connectivity index (χ0v) is 12.1. The molecule has 0 unspecified atom stereocenters. The van der Waals surface area contributed by atoms with Crippen molar-refractivity contribution in [1.82, 2.24) is 0 Å². The number of thioether (sulfide) groups is 1. The van der Waals surface area contributed by atoms with E-state index in [0.717, 1.165) is 12.2 Å². The Morgan fingerprint density at radius 2 is 1.75 bits per heavy atom. The van der Waals surface area contributed by atoms with Crippen molar-refractivity contribution in [3.8, 4) is 5.75 Å². The molecule has 0 bridgehead atoms. The number of hydrogen-bond acceptors (Lipinski definition) is 4. The van der Waals surface area contributed by atoms with Gasteiger partial charge >= 0.3 is 6.16 Å². The Morgan fingerprint density at radius 1 is 1.05 bits per heavy atom. The van der Waals surface area contributed by atoms with E-state index in [0.29, 0.717) is 5.75 Å². The Balaban J connectivity index is 1.80. The normalized spacial score (nSPS) is 10.1. The summed E-state index contributed by atoms with van der Waals surface area (Å²) in [7, 11) is 1.29. The van der Waals surface area contributed by atoms with Crippen LogP contribution in [0.2, 0.25) is 0 Å². The van der Waals surface area contributed by atoms with E-state index in [1.807, 2.05) is 42.1 Å². The number of carbonyl (C=O) groups is 1. The van der Waals surface area contributed by atoms with Crippen molar-refractivity contribution in [2.24, 2.45) is 0 Å². The van der Waals surface area contributed by atoms with Gasteiger partial charge < -0.3 is 9.47 Å². The van der Waals surface area contributed by atoms with Crippen LogP contribution in [0.25, 0.3) is 0 Å². The summed E-state index contributed by atoms with van der Waals surface area (Å²) in [6.07, 6.45) is 0.273. The molecule has 0 heterocycles. The first-order valence-electron chi connectivity index (χ1n) is 6.30. The van der Waals surface area contributed by atoms with Crippen LogP contribution in [0.3, 0.4) is 0 Å². The van der Waals surface area contributed by atoms with Crippen LogP contribution < -0.4 is 4.74 Å². The zero-order chi connectivity index (χ0) is 14.2. The summed E-state index contributed by atoms with van der Waals surface area (Å²) in [5.41, 5.74) is 1.21. The summed E-state index contributed by atoms with van der Waals surface area (Å²) in [4.78, 5) is 12.2. The van der Waals surface area contributed by atoms with Crippen molar-refractivity contribution in [3.63, 3.8) is 0 Å². The van der Waals surface area contributed by atoms with E-state index in [9.17, 15) is 4.79 Å². The first kappa shape index (κ1) is 14.5. The lowest BCUT2D eigenvalue weighted by Gasteiger charge is -2.05. The molecule has 0 saturated heterocycles. The molecular formula is C16H16O3S. The molecule has 104 valence electrons. The van der Waals surface area contributed by atoms with Crippen LogP contribution in [0.1, 0.15) is 5.56 Å². The minimum absolute atomic E-state index is 0.497. The van der Waals surface area contributed by atoms with E-state index < -0.39 is 6.16 Å². The molecule has 0 atom stereocenters. The summed E-state index contributed by atoms with van der Waals surface area (Å²) in [6, 6.07) is 17.8. The van der Waals surface area contributed by atoms with Crippen LogP contribution >= 0.6 is 11.8 Å². The average molecular weight is 288 g/mol. The molecule has 0 N–H and O–H groups in total. The van der Waals surface area contributed by atoms with Crippen LogP contribution in [0.4, 0.5) is 4.79 Å². The number of benzene rings is 2. The second-order valence-electron chi connectivity index (χ2n) is 4.11. The Kier molecular flexibility index (Phi) is 5.50. The van der Waals surface area contributed by atoms with Crippen molar-refractivity contribution in [3.05, 3.63) is 60.2 Å². The molecule has 0 aliphatic heterocycles. The Hall–Kier alpha value is -1.94. The molecule has 0 amide bonds. The standard InChI is InChI=1S/C16H16O3S/c1-18-16(17)19-14-9-7-13(8-10-14)11-12-20-15-5-3-2-4-6-15/h2-10H,11-12H2,1H3. The second kappa shape index (κ2) is 7.60. The molecule has 2 aromatic rings. The van der Waals surface area contributed by atoms with Crippen molar-refractivity contribution in [2.75, 3.05) is 12.9 Å². The SMILES string of the molecule is COC(=O)Oc1ccc(CCSc2ccccc2)cc1. The van der Waals surface area contributed by atoms with E-state index in [2.05, 4.69) is 16.9 Å². The maximum Gasteiger partial charge on any atom is 0.513 e. The van der Waals surface area contributed by atoms with Crippen LogP contribution in [0.5, 0.6) is 5.75 Å². The first-order valence-corrected chi connectivity index (χ1v) is 7.29. The van der Waals surface area contributed by atoms with E-state index in [1.165, 1.54) is 17.6 Å². The van der Waals surface area contributed by atoms with Gasteiger partial charge in [-0.3, -0.25) is 0 Å². The van der Waals surface area contributed by atoms with Gasteiger partial charge in [0.25, 0.3) is 0 Å². The van der Waals surface area contributed by atoms with Gasteiger partial charge in [-0.15, -0.1) is 11.8 Å². The molecule has 3 nitrogen and oxygen atoms in total. The molecule has 0 aliphatic carbocycles. The number of hydrogen-bond donors (Lipinski definition) is 0. The number of carbonyl (C=O) groups excluding carboxylic acids is 1. The molecular weight excluding hydrogens is 272 g/mol. The van der Waals surface area contributed by atoms with Crippen LogP contribution in [0, 0.1) is 0 Å². The molecule has 0 fully saturated rings. The predicted octanol–water partition coefficient (Wildman–Crippen LogP) is 4.17. The summed E-state index contributed by atoms with van der Waals surface area (Å²) < 4.78 is 9.36. The van der Waals surface area contributed by atoms with Gasteiger partial charge in [-0.1, -0.05) is 30.3 Å². The van der Waals surface area contributed by atoms with Crippen molar-refractivity contribution >= 4 is 17.9 Å². The van der Waals surface area contributed by atoms with Crippen LogP contribution in [-0.4, -0.2) is 19.0 Å². The largest absolute Gasteiger partial charge is 0.513 e. The Morgan fingerprint density at radius 3 is 2.40 bits per heavy atom. The molecule has 4 heteroatoms. The number of aryl methyl sites for hydroxylation is 1. The van der Waals surface area contributed by atoms with E-state index in [-0.39, 0.29) is 0 Å². The van der Waals surface area contributed by atoms with Gasteiger partial charge in [0.1, 0.15) is 5.75 Å².